The number of halogens is 1. The standard InChI is InChI=1S/C14H16ClN3O/c1-9(2)8-16-14(19)13-7-12(17-18-13)10-3-5-11(15)6-4-10/h3-7,9H,8H2,1-2H3,(H,16,19)(H,17,18). The number of aromatic nitrogens is 2. The van der Waals surface area contributed by atoms with Gasteiger partial charge in [-0.15, -0.1) is 0 Å². The number of amides is 1. The highest BCUT2D eigenvalue weighted by Crippen LogP contribution is 2.20. The molecular formula is C14H16ClN3O. The smallest absolute Gasteiger partial charge is 0.269 e. The number of nitrogens with zero attached hydrogens (tertiary/aromatic N) is 1. The molecule has 1 amide bonds. The van der Waals surface area contributed by atoms with E-state index in [1.54, 1.807) is 18.2 Å². The topological polar surface area (TPSA) is 57.8 Å². The summed E-state index contributed by atoms with van der Waals surface area (Å²) in [5.41, 5.74) is 2.11. The van der Waals surface area contributed by atoms with Crippen molar-refractivity contribution in [2.45, 2.75) is 13.8 Å². The van der Waals surface area contributed by atoms with E-state index < -0.39 is 0 Å². The molecule has 0 atom stereocenters. The van der Waals surface area contributed by atoms with E-state index in [-0.39, 0.29) is 5.91 Å². The van der Waals surface area contributed by atoms with E-state index in [2.05, 4.69) is 15.5 Å². The van der Waals surface area contributed by atoms with Gasteiger partial charge in [-0.3, -0.25) is 9.89 Å². The molecule has 2 rings (SSSR count). The van der Waals surface area contributed by atoms with E-state index in [0.29, 0.717) is 23.2 Å². The molecule has 0 aliphatic rings. The van der Waals surface area contributed by atoms with Crippen molar-refractivity contribution in [3.05, 3.63) is 41.0 Å². The van der Waals surface area contributed by atoms with Gasteiger partial charge in [-0.2, -0.15) is 5.10 Å². The molecule has 1 aromatic carbocycles. The normalized spacial score (nSPS) is 10.7. The largest absolute Gasteiger partial charge is 0.350 e. The second-order valence-electron chi connectivity index (χ2n) is 4.78. The highest BCUT2D eigenvalue weighted by atomic mass is 35.5. The van der Waals surface area contributed by atoms with Gasteiger partial charge in [0.25, 0.3) is 5.91 Å². The number of rotatable bonds is 4. The Morgan fingerprint density at radius 2 is 2.05 bits per heavy atom. The molecule has 1 aromatic heterocycles. The Morgan fingerprint density at radius 3 is 2.68 bits per heavy atom. The molecule has 0 fully saturated rings. The molecule has 0 aliphatic carbocycles. The lowest BCUT2D eigenvalue weighted by atomic mass is 10.1. The van der Waals surface area contributed by atoms with Gasteiger partial charge in [0.15, 0.2) is 0 Å². The van der Waals surface area contributed by atoms with Gasteiger partial charge in [-0.05, 0) is 24.1 Å². The Balaban J connectivity index is 2.10. The first-order valence-corrected chi connectivity index (χ1v) is 6.53. The first kappa shape index (κ1) is 13.6. The number of H-pyrrole nitrogens is 1. The monoisotopic (exact) mass is 277 g/mol. The molecule has 0 aliphatic heterocycles. The Hall–Kier alpha value is -1.81. The molecule has 0 radical (unpaired) electrons. The van der Waals surface area contributed by atoms with E-state index in [1.807, 2.05) is 26.0 Å². The molecule has 0 bridgehead atoms. The van der Waals surface area contributed by atoms with Crippen molar-refractivity contribution in [1.29, 1.82) is 0 Å². The zero-order valence-corrected chi connectivity index (χ0v) is 11.7. The van der Waals surface area contributed by atoms with Gasteiger partial charge >= 0.3 is 0 Å². The van der Waals surface area contributed by atoms with Crippen LogP contribution in [0.4, 0.5) is 0 Å². The fourth-order valence-electron chi connectivity index (χ4n) is 1.60. The molecule has 0 unspecified atom stereocenters. The summed E-state index contributed by atoms with van der Waals surface area (Å²) in [5, 5.41) is 10.4. The van der Waals surface area contributed by atoms with E-state index in [9.17, 15) is 4.79 Å². The van der Waals surface area contributed by atoms with Crippen LogP contribution < -0.4 is 5.32 Å². The summed E-state index contributed by atoms with van der Waals surface area (Å²) in [6.07, 6.45) is 0. The lowest BCUT2D eigenvalue weighted by Gasteiger charge is -2.05. The zero-order chi connectivity index (χ0) is 13.8. The molecule has 0 saturated carbocycles. The SMILES string of the molecule is CC(C)CNC(=O)c1cc(-c2ccc(Cl)cc2)n[nH]1. The maximum Gasteiger partial charge on any atom is 0.269 e. The number of nitrogens with one attached hydrogen (secondary N) is 2. The van der Waals surface area contributed by atoms with Crippen molar-refractivity contribution < 1.29 is 4.79 Å². The van der Waals surface area contributed by atoms with Crippen molar-refractivity contribution in [3.8, 4) is 11.3 Å². The third-order valence-corrected chi connectivity index (χ3v) is 2.89. The number of carbonyl (C=O) groups excluding carboxylic acids is 1. The van der Waals surface area contributed by atoms with Crippen molar-refractivity contribution in [1.82, 2.24) is 15.5 Å². The first-order chi connectivity index (χ1) is 9.06. The Kier molecular flexibility index (Phi) is 4.22. The molecule has 5 heteroatoms. The summed E-state index contributed by atoms with van der Waals surface area (Å²) in [4.78, 5) is 11.8. The summed E-state index contributed by atoms with van der Waals surface area (Å²) >= 11 is 5.83. The second-order valence-corrected chi connectivity index (χ2v) is 5.21. The number of aromatic amines is 1. The summed E-state index contributed by atoms with van der Waals surface area (Å²) in [5.74, 6) is 0.282. The fraction of sp³-hybridized carbons (Fsp3) is 0.286. The van der Waals surface area contributed by atoms with Crippen molar-refractivity contribution >= 4 is 17.5 Å². The average molecular weight is 278 g/mol. The van der Waals surface area contributed by atoms with E-state index >= 15 is 0 Å². The van der Waals surface area contributed by atoms with Crippen LogP contribution in [0.5, 0.6) is 0 Å². The number of hydrogen-bond donors (Lipinski definition) is 2. The van der Waals surface area contributed by atoms with Crippen LogP contribution >= 0.6 is 11.6 Å². The lowest BCUT2D eigenvalue weighted by Crippen LogP contribution is -2.27. The van der Waals surface area contributed by atoms with E-state index in [0.717, 1.165) is 11.3 Å². The molecule has 0 spiro atoms. The summed E-state index contributed by atoms with van der Waals surface area (Å²) in [6.45, 7) is 4.74. The lowest BCUT2D eigenvalue weighted by molar-refractivity contribution is 0.0944. The zero-order valence-electron chi connectivity index (χ0n) is 10.9. The van der Waals surface area contributed by atoms with Crippen LogP contribution in [0.1, 0.15) is 24.3 Å². The van der Waals surface area contributed by atoms with Gasteiger partial charge in [0.1, 0.15) is 5.69 Å². The number of hydrogen-bond acceptors (Lipinski definition) is 2. The van der Waals surface area contributed by atoms with Gasteiger partial charge in [0.05, 0.1) is 5.69 Å². The van der Waals surface area contributed by atoms with Crippen molar-refractivity contribution in [2.24, 2.45) is 5.92 Å². The highest BCUT2D eigenvalue weighted by molar-refractivity contribution is 6.30. The van der Waals surface area contributed by atoms with Gasteiger partial charge < -0.3 is 5.32 Å². The van der Waals surface area contributed by atoms with Gasteiger partial charge in [0, 0.05) is 17.1 Å². The van der Waals surface area contributed by atoms with Gasteiger partial charge in [-0.25, -0.2) is 0 Å². The summed E-state index contributed by atoms with van der Waals surface area (Å²) < 4.78 is 0. The van der Waals surface area contributed by atoms with Gasteiger partial charge in [-0.1, -0.05) is 37.6 Å². The summed E-state index contributed by atoms with van der Waals surface area (Å²) in [7, 11) is 0. The minimum Gasteiger partial charge on any atom is -0.350 e. The molecule has 0 saturated heterocycles. The molecule has 100 valence electrons. The van der Waals surface area contributed by atoms with Crippen LogP contribution in [0.3, 0.4) is 0 Å². The predicted molar refractivity (Wildman–Crippen MR) is 76.2 cm³/mol. The highest BCUT2D eigenvalue weighted by Gasteiger charge is 2.10. The van der Waals surface area contributed by atoms with Crippen LogP contribution in [-0.2, 0) is 0 Å². The van der Waals surface area contributed by atoms with Crippen LogP contribution in [0.25, 0.3) is 11.3 Å². The van der Waals surface area contributed by atoms with Crippen LogP contribution in [-0.4, -0.2) is 22.6 Å². The molecule has 1 heterocycles. The minimum atomic E-state index is -0.138. The molecular weight excluding hydrogens is 262 g/mol. The number of carbonyl (C=O) groups is 1. The molecule has 4 nitrogen and oxygen atoms in total. The maximum atomic E-state index is 11.8. The average Bonchev–Trinajstić information content (AvgIpc) is 2.86. The maximum absolute atomic E-state index is 11.8. The van der Waals surface area contributed by atoms with E-state index in [1.165, 1.54) is 0 Å². The first-order valence-electron chi connectivity index (χ1n) is 6.16. The Labute approximate surface area is 117 Å². The third kappa shape index (κ3) is 3.58. The third-order valence-electron chi connectivity index (χ3n) is 2.63. The summed E-state index contributed by atoms with van der Waals surface area (Å²) in [6, 6.07) is 9.07. The van der Waals surface area contributed by atoms with Crippen molar-refractivity contribution in [2.75, 3.05) is 6.54 Å². The van der Waals surface area contributed by atoms with Crippen LogP contribution in [0.15, 0.2) is 30.3 Å². The molecule has 19 heavy (non-hydrogen) atoms. The van der Waals surface area contributed by atoms with Crippen LogP contribution in [0.2, 0.25) is 5.02 Å². The fourth-order valence-corrected chi connectivity index (χ4v) is 1.72. The molecule has 2 aromatic rings. The van der Waals surface area contributed by atoms with E-state index in [4.69, 9.17) is 11.6 Å². The number of benzene rings is 1. The van der Waals surface area contributed by atoms with Gasteiger partial charge in [0.2, 0.25) is 0 Å². The minimum absolute atomic E-state index is 0.138. The Bertz CT molecular complexity index is 560. The Morgan fingerprint density at radius 1 is 1.37 bits per heavy atom. The second kappa shape index (κ2) is 5.89. The predicted octanol–water partition coefficient (Wildman–Crippen LogP) is 3.12. The van der Waals surface area contributed by atoms with Crippen molar-refractivity contribution in [3.63, 3.8) is 0 Å². The molecule has 2 N–H and O–H groups in total. The van der Waals surface area contributed by atoms with Crippen LogP contribution in [0, 0.1) is 5.92 Å². The quantitative estimate of drug-likeness (QED) is 0.902.